The molecule has 1 atom stereocenters. The van der Waals surface area contributed by atoms with Crippen LogP contribution in [0, 0.1) is 18.8 Å². The molecule has 0 bridgehead atoms. The molecule has 4 heterocycles. The Morgan fingerprint density at radius 3 is 2.68 bits per heavy atom. The number of rotatable bonds is 4. The van der Waals surface area contributed by atoms with Crippen molar-refractivity contribution < 1.29 is 14.6 Å². The van der Waals surface area contributed by atoms with Crippen molar-refractivity contribution in [1.29, 1.82) is 0 Å². The number of ether oxygens (including phenoxy) is 1. The van der Waals surface area contributed by atoms with Crippen molar-refractivity contribution in [3.8, 4) is 34.7 Å². The van der Waals surface area contributed by atoms with Crippen LogP contribution in [0.4, 0.5) is 5.82 Å². The number of nitrogens with two attached hydrogens (primary N) is 1. The number of nitrogens with zero attached hydrogens (tertiary/aromatic N) is 6. The summed E-state index contributed by atoms with van der Waals surface area (Å²) in [4.78, 5) is 27.8. The van der Waals surface area contributed by atoms with Crippen LogP contribution in [-0.2, 0) is 4.79 Å². The van der Waals surface area contributed by atoms with Gasteiger partial charge in [0.1, 0.15) is 30.2 Å². The predicted molar refractivity (Wildman–Crippen MR) is 141 cm³/mol. The van der Waals surface area contributed by atoms with Crippen LogP contribution in [-0.4, -0.2) is 59.3 Å². The molecule has 3 aromatic heterocycles. The predicted octanol–water partition coefficient (Wildman–Crippen LogP) is 3.26. The number of amides is 1. The maximum atomic E-state index is 12.9. The van der Waals surface area contributed by atoms with Gasteiger partial charge < -0.3 is 20.5 Å². The number of likely N-dealkylation sites (tertiary alicyclic amines) is 1. The Hall–Kier alpha value is -4.49. The second-order valence-corrected chi connectivity index (χ2v) is 9.84. The van der Waals surface area contributed by atoms with Crippen molar-refractivity contribution in [2.75, 3.05) is 18.9 Å². The zero-order valence-electron chi connectivity index (χ0n) is 21.0. The van der Waals surface area contributed by atoms with Crippen molar-refractivity contribution in [2.45, 2.75) is 44.2 Å². The largest absolute Gasteiger partial charge is 0.439 e. The zero-order valence-corrected chi connectivity index (χ0v) is 21.0. The van der Waals surface area contributed by atoms with Gasteiger partial charge in [0, 0.05) is 29.9 Å². The van der Waals surface area contributed by atoms with Gasteiger partial charge in [0.2, 0.25) is 5.88 Å². The van der Waals surface area contributed by atoms with Gasteiger partial charge in [-0.05, 0) is 68.4 Å². The van der Waals surface area contributed by atoms with Gasteiger partial charge in [0.15, 0.2) is 5.65 Å². The average molecular weight is 510 g/mol. The summed E-state index contributed by atoms with van der Waals surface area (Å²) in [6.07, 6.45) is 6.85. The molecule has 10 nitrogen and oxygen atoms in total. The monoisotopic (exact) mass is 509 g/mol. The van der Waals surface area contributed by atoms with Gasteiger partial charge in [-0.3, -0.25) is 4.79 Å². The van der Waals surface area contributed by atoms with Gasteiger partial charge in [0.25, 0.3) is 5.91 Å². The molecule has 1 spiro atoms. The van der Waals surface area contributed by atoms with Crippen LogP contribution in [0.3, 0.4) is 0 Å². The maximum Gasteiger partial charge on any atom is 0.299 e. The Morgan fingerprint density at radius 1 is 1.16 bits per heavy atom. The van der Waals surface area contributed by atoms with Gasteiger partial charge in [-0.1, -0.05) is 12.0 Å². The highest BCUT2D eigenvalue weighted by Gasteiger charge is 2.53. The second kappa shape index (κ2) is 9.43. The molecule has 38 heavy (non-hydrogen) atoms. The maximum absolute atomic E-state index is 12.9. The third kappa shape index (κ3) is 4.31. The number of aliphatic hydroxyl groups is 1. The lowest BCUT2D eigenvalue weighted by Gasteiger charge is -2.39. The Kier molecular flexibility index (Phi) is 5.93. The highest BCUT2D eigenvalue weighted by Crippen LogP contribution is 2.50. The Labute approximate surface area is 219 Å². The standard InChI is InChI=1S/C28H27N7O3/c1-18-4-9-22(30-15-18)38-21-7-5-19(6-8-21)25-24-26(29)31-17-32-27(24)35(33-25)20-10-11-28(12-13-28)34(16-20)23(37)3-2-14-36/h4-9,15,17,20,36H,10-14,16H2,1H3,(H2,29,31,32)/t20-/m1/s1. The van der Waals surface area contributed by atoms with Crippen LogP contribution in [0.5, 0.6) is 11.6 Å². The fourth-order valence-corrected chi connectivity index (χ4v) is 5.18. The van der Waals surface area contributed by atoms with Gasteiger partial charge in [0.05, 0.1) is 11.4 Å². The van der Waals surface area contributed by atoms with Crippen molar-refractivity contribution in [2.24, 2.45) is 0 Å². The van der Waals surface area contributed by atoms with Crippen LogP contribution < -0.4 is 10.5 Å². The normalized spacial score (nSPS) is 17.7. The number of aliphatic hydroxyl groups excluding tert-OH is 1. The van der Waals surface area contributed by atoms with E-state index in [-0.39, 0.29) is 24.1 Å². The van der Waals surface area contributed by atoms with Crippen molar-refractivity contribution in [1.82, 2.24) is 29.6 Å². The SMILES string of the molecule is Cc1ccc(Oc2ccc(-c3nn([C@@H]4CCC5(CC5)N(C(=O)C#CCO)C4)c4ncnc(N)c34)cc2)nc1. The topological polar surface area (TPSA) is 132 Å². The van der Waals surface area contributed by atoms with Gasteiger partial charge in [-0.25, -0.2) is 19.6 Å². The van der Waals surface area contributed by atoms with Crippen LogP contribution in [0.15, 0.2) is 48.9 Å². The van der Waals surface area contributed by atoms with Gasteiger partial charge in [-0.2, -0.15) is 5.10 Å². The molecule has 2 fully saturated rings. The van der Waals surface area contributed by atoms with Crippen molar-refractivity contribution in [3.05, 3.63) is 54.5 Å². The van der Waals surface area contributed by atoms with E-state index < -0.39 is 0 Å². The number of hydrogen-bond donors (Lipinski definition) is 2. The van der Waals surface area contributed by atoms with E-state index in [1.807, 2.05) is 52.9 Å². The molecule has 192 valence electrons. The van der Waals surface area contributed by atoms with E-state index in [0.29, 0.717) is 40.7 Å². The van der Waals surface area contributed by atoms with E-state index in [9.17, 15) is 4.79 Å². The quantitative estimate of drug-likeness (QED) is 0.401. The van der Waals surface area contributed by atoms with E-state index in [2.05, 4.69) is 26.8 Å². The number of piperidine rings is 1. The number of hydrogen-bond acceptors (Lipinski definition) is 8. The number of anilines is 1. The molecule has 1 aromatic carbocycles. The number of fused-ring (bicyclic) bond motifs is 1. The summed E-state index contributed by atoms with van der Waals surface area (Å²) < 4.78 is 7.75. The fraction of sp³-hybridized carbons (Fsp3) is 0.321. The molecule has 4 aromatic rings. The minimum Gasteiger partial charge on any atom is -0.439 e. The second-order valence-electron chi connectivity index (χ2n) is 9.84. The number of nitrogen functional groups attached to an aromatic ring is 1. The summed E-state index contributed by atoms with van der Waals surface area (Å²) in [5, 5.41) is 14.7. The third-order valence-electron chi connectivity index (χ3n) is 7.35. The zero-order chi connectivity index (χ0) is 26.3. The lowest BCUT2D eigenvalue weighted by Crippen LogP contribution is -2.48. The number of benzene rings is 1. The van der Waals surface area contributed by atoms with Crippen molar-refractivity contribution >= 4 is 22.8 Å². The Bertz CT molecular complexity index is 1560. The summed E-state index contributed by atoms with van der Waals surface area (Å²) in [6, 6.07) is 11.2. The van der Waals surface area contributed by atoms with Crippen LogP contribution >= 0.6 is 0 Å². The molecule has 1 saturated carbocycles. The molecule has 1 aliphatic carbocycles. The first-order chi connectivity index (χ1) is 18.5. The molecule has 2 aliphatic rings. The summed E-state index contributed by atoms with van der Waals surface area (Å²) in [5.74, 6) is 6.31. The number of carbonyl (C=O) groups excluding carboxylic acids is 1. The molecule has 0 radical (unpaired) electrons. The highest BCUT2D eigenvalue weighted by atomic mass is 16.5. The summed E-state index contributed by atoms with van der Waals surface area (Å²) in [7, 11) is 0. The van der Waals surface area contributed by atoms with Crippen LogP contribution in [0.2, 0.25) is 0 Å². The van der Waals surface area contributed by atoms with Crippen molar-refractivity contribution in [3.63, 3.8) is 0 Å². The number of aryl methyl sites for hydroxylation is 1. The molecular formula is C28H27N7O3. The Balaban J connectivity index is 1.32. The van der Waals surface area contributed by atoms with Gasteiger partial charge in [-0.15, -0.1) is 0 Å². The molecule has 3 N–H and O–H groups in total. The first-order valence-corrected chi connectivity index (χ1v) is 12.6. The molecule has 10 heteroatoms. The minimum absolute atomic E-state index is 0.0955. The smallest absolute Gasteiger partial charge is 0.299 e. The highest BCUT2D eigenvalue weighted by molar-refractivity contribution is 5.98. The first-order valence-electron chi connectivity index (χ1n) is 12.6. The Morgan fingerprint density at radius 2 is 1.97 bits per heavy atom. The summed E-state index contributed by atoms with van der Waals surface area (Å²) in [5.41, 5.74) is 9.40. The number of aromatic nitrogens is 5. The molecule has 1 saturated heterocycles. The van der Waals surface area contributed by atoms with E-state index in [0.717, 1.165) is 36.8 Å². The first kappa shape index (κ1) is 23.9. The van der Waals surface area contributed by atoms with E-state index >= 15 is 0 Å². The molecule has 6 rings (SSSR count). The number of carbonyl (C=O) groups is 1. The molecular weight excluding hydrogens is 482 g/mol. The van der Waals surface area contributed by atoms with Crippen LogP contribution in [0.1, 0.15) is 37.3 Å². The van der Waals surface area contributed by atoms with Crippen LogP contribution in [0.25, 0.3) is 22.3 Å². The number of pyridine rings is 1. The van der Waals surface area contributed by atoms with E-state index in [1.165, 1.54) is 6.33 Å². The van der Waals surface area contributed by atoms with E-state index in [1.54, 1.807) is 6.20 Å². The molecule has 1 amide bonds. The summed E-state index contributed by atoms with van der Waals surface area (Å²) >= 11 is 0. The average Bonchev–Trinajstić information content (AvgIpc) is 3.59. The lowest BCUT2D eigenvalue weighted by atomic mass is 9.96. The third-order valence-corrected chi connectivity index (χ3v) is 7.35. The van der Waals surface area contributed by atoms with Gasteiger partial charge >= 0.3 is 0 Å². The lowest BCUT2D eigenvalue weighted by molar-refractivity contribution is -0.130. The molecule has 0 unspecified atom stereocenters. The minimum atomic E-state index is -0.343. The fourth-order valence-electron chi connectivity index (χ4n) is 5.18. The summed E-state index contributed by atoms with van der Waals surface area (Å²) in [6.45, 7) is 2.10. The molecule has 1 aliphatic heterocycles. The van der Waals surface area contributed by atoms with E-state index in [4.69, 9.17) is 20.7 Å².